The quantitative estimate of drug-likeness (QED) is 0.606. The van der Waals surface area contributed by atoms with E-state index in [1.165, 1.54) is 12.2 Å². The number of Topliss-reactive ketones (excluding diaryl/α,β-unsaturated/α-hetero) is 1. The lowest BCUT2D eigenvalue weighted by atomic mass is 9.87. The van der Waals surface area contributed by atoms with Crippen molar-refractivity contribution >= 4 is 11.6 Å². The van der Waals surface area contributed by atoms with Crippen LogP contribution in [-0.2, 0) is 9.59 Å². The van der Waals surface area contributed by atoms with Gasteiger partial charge in [0.15, 0.2) is 11.6 Å². The van der Waals surface area contributed by atoms with E-state index in [4.69, 9.17) is 0 Å². The first-order chi connectivity index (χ1) is 6.06. The van der Waals surface area contributed by atoms with Gasteiger partial charge >= 0.3 is 0 Å². The van der Waals surface area contributed by atoms with Gasteiger partial charge in [-0.15, -0.1) is 0 Å². The van der Waals surface area contributed by atoms with Crippen LogP contribution in [0.25, 0.3) is 0 Å². The average molecular weight is 178 g/mol. The van der Waals surface area contributed by atoms with E-state index in [-0.39, 0.29) is 17.5 Å². The van der Waals surface area contributed by atoms with E-state index in [2.05, 4.69) is 0 Å². The van der Waals surface area contributed by atoms with Crippen molar-refractivity contribution in [1.29, 1.82) is 0 Å². The van der Waals surface area contributed by atoms with Crippen LogP contribution in [-0.4, -0.2) is 11.6 Å². The number of carbonyl (C=O) groups excluding carboxylic acids is 2. The van der Waals surface area contributed by atoms with Crippen LogP contribution >= 0.6 is 0 Å². The Labute approximate surface area is 78.3 Å². The monoisotopic (exact) mass is 178 g/mol. The van der Waals surface area contributed by atoms with Gasteiger partial charge in [-0.3, -0.25) is 9.59 Å². The average Bonchev–Trinajstić information content (AvgIpc) is 2.10. The molecule has 0 bridgehead atoms. The molecule has 1 atom stereocenters. The molecule has 0 heterocycles. The highest BCUT2D eigenvalue weighted by atomic mass is 16.1. The van der Waals surface area contributed by atoms with Gasteiger partial charge in [0.25, 0.3) is 0 Å². The van der Waals surface area contributed by atoms with E-state index in [1.54, 1.807) is 6.92 Å². The standard InChI is InChI=1S/C11H14O2/c1-4-7(2)10-6-9(12)5-8(3)11(10)13/h5-7H,4H2,1-3H3. The van der Waals surface area contributed by atoms with Crippen LogP contribution in [0.3, 0.4) is 0 Å². The summed E-state index contributed by atoms with van der Waals surface area (Å²) in [5, 5.41) is 0. The maximum atomic E-state index is 11.6. The Morgan fingerprint density at radius 3 is 2.46 bits per heavy atom. The molecule has 13 heavy (non-hydrogen) atoms. The first-order valence-corrected chi connectivity index (χ1v) is 4.54. The topological polar surface area (TPSA) is 34.1 Å². The Balaban J connectivity index is 2.98. The molecule has 0 spiro atoms. The van der Waals surface area contributed by atoms with Crippen molar-refractivity contribution in [3.63, 3.8) is 0 Å². The molecule has 0 radical (unpaired) electrons. The van der Waals surface area contributed by atoms with E-state index in [1.807, 2.05) is 13.8 Å². The molecule has 0 aromatic heterocycles. The van der Waals surface area contributed by atoms with Crippen molar-refractivity contribution in [2.75, 3.05) is 0 Å². The molecule has 1 aliphatic carbocycles. The summed E-state index contributed by atoms with van der Waals surface area (Å²) in [6, 6.07) is 0. The maximum Gasteiger partial charge on any atom is 0.185 e. The van der Waals surface area contributed by atoms with Crippen LogP contribution in [0.15, 0.2) is 23.3 Å². The zero-order chi connectivity index (χ0) is 10.0. The zero-order valence-corrected chi connectivity index (χ0v) is 8.26. The molecule has 0 saturated heterocycles. The Bertz CT molecular complexity index is 308. The molecular weight excluding hydrogens is 164 g/mol. The summed E-state index contributed by atoms with van der Waals surface area (Å²) in [5.74, 6) is 0.140. The third kappa shape index (κ3) is 1.94. The van der Waals surface area contributed by atoms with Gasteiger partial charge in [-0.1, -0.05) is 13.8 Å². The van der Waals surface area contributed by atoms with Crippen LogP contribution in [0, 0.1) is 5.92 Å². The first-order valence-electron chi connectivity index (χ1n) is 4.54. The lowest BCUT2D eigenvalue weighted by Crippen LogP contribution is -2.17. The molecule has 0 fully saturated rings. The fraction of sp³-hybridized carbons (Fsp3) is 0.455. The smallest absolute Gasteiger partial charge is 0.185 e. The van der Waals surface area contributed by atoms with E-state index >= 15 is 0 Å². The van der Waals surface area contributed by atoms with Gasteiger partial charge in [-0.25, -0.2) is 0 Å². The Kier molecular flexibility index (Phi) is 2.81. The zero-order valence-electron chi connectivity index (χ0n) is 8.26. The van der Waals surface area contributed by atoms with Gasteiger partial charge < -0.3 is 0 Å². The molecule has 1 aliphatic rings. The lowest BCUT2D eigenvalue weighted by Gasteiger charge is -2.15. The molecule has 1 unspecified atom stereocenters. The lowest BCUT2D eigenvalue weighted by molar-refractivity contribution is -0.115. The Hall–Kier alpha value is -1.18. The fourth-order valence-corrected chi connectivity index (χ4v) is 1.35. The van der Waals surface area contributed by atoms with E-state index in [0.717, 1.165) is 6.42 Å². The summed E-state index contributed by atoms with van der Waals surface area (Å²) < 4.78 is 0. The number of allylic oxidation sites excluding steroid dienone is 4. The van der Waals surface area contributed by atoms with Gasteiger partial charge in [-0.2, -0.15) is 0 Å². The minimum Gasteiger partial charge on any atom is -0.290 e. The molecule has 0 aromatic rings. The van der Waals surface area contributed by atoms with Crippen molar-refractivity contribution in [3.8, 4) is 0 Å². The summed E-state index contributed by atoms with van der Waals surface area (Å²) in [7, 11) is 0. The molecule has 1 rings (SSSR count). The molecule has 70 valence electrons. The second-order valence-corrected chi connectivity index (χ2v) is 3.47. The van der Waals surface area contributed by atoms with Crippen molar-refractivity contribution in [3.05, 3.63) is 23.3 Å². The van der Waals surface area contributed by atoms with Gasteiger partial charge in [0.1, 0.15) is 0 Å². The van der Waals surface area contributed by atoms with Gasteiger partial charge in [-0.05, 0) is 31.4 Å². The van der Waals surface area contributed by atoms with E-state index < -0.39 is 0 Å². The summed E-state index contributed by atoms with van der Waals surface area (Å²) in [5.41, 5.74) is 1.22. The fourth-order valence-electron chi connectivity index (χ4n) is 1.35. The van der Waals surface area contributed by atoms with Crippen molar-refractivity contribution in [2.24, 2.45) is 5.92 Å². The normalized spacial score (nSPS) is 19.6. The maximum absolute atomic E-state index is 11.6. The number of hydrogen-bond donors (Lipinski definition) is 0. The summed E-state index contributed by atoms with van der Waals surface area (Å²) >= 11 is 0. The van der Waals surface area contributed by atoms with Crippen LogP contribution in [0.5, 0.6) is 0 Å². The van der Waals surface area contributed by atoms with Crippen molar-refractivity contribution < 1.29 is 9.59 Å². The minimum atomic E-state index is -0.0626. The third-order valence-electron chi connectivity index (χ3n) is 2.42. The molecule has 2 nitrogen and oxygen atoms in total. The predicted molar refractivity (Wildman–Crippen MR) is 51.3 cm³/mol. The SMILES string of the molecule is CCC(C)C1=CC(=O)C=C(C)C1=O. The molecule has 0 aliphatic heterocycles. The van der Waals surface area contributed by atoms with Crippen molar-refractivity contribution in [2.45, 2.75) is 27.2 Å². The molecule has 0 N–H and O–H groups in total. The second-order valence-electron chi connectivity index (χ2n) is 3.47. The number of hydrogen-bond acceptors (Lipinski definition) is 2. The Morgan fingerprint density at radius 1 is 1.31 bits per heavy atom. The molecule has 0 amide bonds. The largest absolute Gasteiger partial charge is 0.290 e. The predicted octanol–water partition coefficient (Wildman–Crippen LogP) is 2.06. The van der Waals surface area contributed by atoms with Crippen LogP contribution in [0.2, 0.25) is 0 Å². The highest BCUT2D eigenvalue weighted by molar-refractivity contribution is 6.20. The number of rotatable bonds is 2. The Morgan fingerprint density at radius 2 is 1.92 bits per heavy atom. The highest BCUT2D eigenvalue weighted by Crippen LogP contribution is 2.21. The second kappa shape index (κ2) is 3.69. The number of carbonyl (C=O) groups is 2. The van der Waals surface area contributed by atoms with Gasteiger partial charge in [0, 0.05) is 11.1 Å². The summed E-state index contributed by atoms with van der Waals surface area (Å²) in [6.45, 7) is 5.67. The molecule has 0 saturated carbocycles. The van der Waals surface area contributed by atoms with Crippen LogP contribution < -0.4 is 0 Å². The third-order valence-corrected chi connectivity index (χ3v) is 2.42. The summed E-state index contributed by atoms with van der Waals surface area (Å²) in [6.07, 6.45) is 3.75. The van der Waals surface area contributed by atoms with E-state index in [9.17, 15) is 9.59 Å². The molecule has 0 aromatic carbocycles. The molecular formula is C11H14O2. The summed E-state index contributed by atoms with van der Waals surface area (Å²) in [4.78, 5) is 22.7. The van der Waals surface area contributed by atoms with Crippen LogP contribution in [0.4, 0.5) is 0 Å². The van der Waals surface area contributed by atoms with Crippen molar-refractivity contribution in [1.82, 2.24) is 0 Å². The van der Waals surface area contributed by atoms with Crippen LogP contribution in [0.1, 0.15) is 27.2 Å². The minimum absolute atomic E-state index is 0.0222. The van der Waals surface area contributed by atoms with E-state index in [0.29, 0.717) is 11.1 Å². The molecule has 2 heteroatoms. The highest BCUT2D eigenvalue weighted by Gasteiger charge is 2.21. The first kappa shape index (κ1) is 9.90. The number of ketones is 2. The van der Waals surface area contributed by atoms with Gasteiger partial charge in [0.2, 0.25) is 0 Å². The van der Waals surface area contributed by atoms with Gasteiger partial charge in [0.05, 0.1) is 0 Å².